The second kappa shape index (κ2) is 10.3. The number of rotatable bonds is 6. The minimum absolute atomic E-state index is 0.0875. The summed E-state index contributed by atoms with van der Waals surface area (Å²) < 4.78 is 46.4. The number of pyridine rings is 1. The number of hydrogen-bond acceptors (Lipinski definition) is 4. The maximum atomic E-state index is 13.7. The molecule has 162 valence electrons. The van der Waals surface area contributed by atoms with Crippen molar-refractivity contribution in [2.45, 2.75) is 26.2 Å². The number of ether oxygens (including phenoxy) is 1. The number of hydrogen-bond donors (Lipinski definition) is 2. The van der Waals surface area contributed by atoms with Gasteiger partial charge in [0.15, 0.2) is 5.96 Å². The first kappa shape index (κ1) is 21.9. The van der Waals surface area contributed by atoms with Gasteiger partial charge in [-0.25, -0.2) is 4.99 Å². The molecule has 2 N–H and O–H groups in total. The summed E-state index contributed by atoms with van der Waals surface area (Å²) >= 11 is 0. The van der Waals surface area contributed by atoms with Crippen LogP contribution in [0.25, 0.3) is 0 Å². The van der Waals surface area contributed by atoms with Crippen LogP contribution in [0.2, 0.25) is 0 Å². The van der Waals surface area contributed by atoms with Crippen molar-refractivity contribution in [2.24, 2.45) is 4.99 Å². The highest BCUT2D eigenvalue weighted by Gasteiger charge is 2.34. The monoisotopic (exact) mass is 421 g/mol. The number of nitrogens with zero attached hydrogens (tertiary/aromatic N) is 3. The zero-order chi connectivity index (χ0) is 21.4. The number of benzene rings is 1. The van der Waals surface area contributed by atoms with Gasteiger partial charge in [0.05, 0.1) is 37.6 Å². The van der Waals surface area contributed by atoms with E-state index in [0.717, 1.165) is 5.69 Å². The zero-order valence-electron chi connectivity index (χ0n) is 16.9. The first-order valence-corrected chi connectivity index (χ1v) is 9.92. The standard InChI is InChI=1S/C21H26F3N5O/c1-2-25-20(28-15-17-5-3-4-8-26-17)27-14-16-6-7-18(13-19(16)21(22,23)24)29-9-11-30-12-10-29/h3-8,13H,2,9-12,14-15H2,1H3,(H2,25,27,28). The highest BCUT2D eigenvalue weighted by molar-refractivity contribution is 5.79. The lowest BCUT2D eigenvalue weighted by Crippen LogP contribution is -2.37. The Morgan fingerprint density at radius 1 is 1.17 bits per heavy atom. The van der Waals surface area contributed by atoms with Gasteiger partial charge in [-0.05, 0) is 36.8 Å². The molecule has 1 aliphatic heterocycles. The summed E-state index contributed by atoms with van der Waals surface area (Å²) in [5.41, 5.74) is 0.845. The molecule has 1 aliphatic rings. The third-order valence-corrected chi connectivity index (χ3v) is 4.69. The van der Waals surface area contributed by atoms with E-state index in [9.17, 15) is 13.2 Å². The molecule has 2 aromatic rings. The fourth-order valence-corrected chi connectivity index (χ4v) is 3.17. The van der Waals surface area contributed by atoms with Gasteiger partial charge in [-0.3, -0.25) is 4.98 Å². The Kier molecular flexibility index (Phi) is 7.51. The van der Waals surface area contributed by atoms with Crippen molar-refractivity contribution in [3.63, 3.8) is 0 Å². The Hall–Kier alpha value is -2.81. The predicted octanol–water partition coefficient (Wildman–Crippen LogP) is 3.19. The Morgan fingerprint density at radius 3 is 2.63 bits per heavy atom. The van der Waals surface area contributed by atoms with Gasteiger partial charge in [0, 0.05) is 31.5 Å². The molecule has 1 aromatic carbocycles. The average molecular weight is 421 g/mol. The minimum Gasteiger partial charge on any atom is -0.378 e. The lowest BCUT2D eigenvalue weighted by atomic mass is 10.1. The minimum atomic E-state index is -4.45. The fraction of sp³-hybridized carbons (Fsp3) is 0.429. The van der Waals surface area contributed by atoms with E-state index in [1.54, 1.807) is 12.3 Å². The van der Waals surface area contributed by atoms with Crippen molar-refractivity contribution < 1.29 is 17.9 Å². The van der Waals surface area contributed by atoms with E-state index in [1.165, 1.54) is 12.1 Å². The van der Waals surface area contributed by atoms with Crippen molar-refractivity contribution in [3.05, 3.63) is 59.4 Å². The molecule has 1 saturated heterocycles. The van der Waals surface area contributed by atoms with E-state index < -0.39 is 11.7 Å². The van der Waals surface area contributed by atoms with Crippen LogP contribution in [-0.2, 0) is 24.0 Å². The molecule has 0 aliphatic carbocycles. The normalized spacial score (nSPS) is 15.2. The third kappa shape index (κ3) is 6.09. The summed E-state index contributed by atoms with van der Waals surface area (Å²) in [5, 5.41) is 6.15. The Balaban J connectivity index is 1.76. The van der Waals surface area contributed by atoms with Gasteiger partial charge in [0.2, 0.25) is 0 Å². The van der Waals surface area contributed by atoms with Crippen LogP contribution in [0.4, 0.5) is 18.9 Å². The molecular formula is C21H26F3N5O. The van der Waals surface area contributed by atoms with Crippen molar-refractivity contribution in [3.8, 4) is 0 Å². The highest BCUT2D eigenvalue weighted by Crippen LogP contribution is 2.35. The summed E-state index contributed by atoms with van der Waals surface area (Å²) in [6, 6.07) is 10.0. The van der Waals surface area contributed by atoms with E-state index in [4.69, 9.17) is 4.74 Å². The van der Waals surface area contributed by atoms with Gasteiger partial charge in [-0.15, -0.1) is 0 Å². The second-order valence-corrected chi connectivity index (χ2v) is 6.81. The van der Waals surface area contributed by atoms with Gasteiger partial charge in [0.1, 0.15) is 0 Å². The van der Waals surface area contributed by atoms with Crippen molar-refractivity contribution in [1.82, 2.24) is 15.6 Å². The van der Waals surface area contributed by atoms with Crippen LogP contribution in [0.3, 0.4) is 0 Å². The molecule has 9 heteroatoms. The van der Waals surface area contributed by atoms with Gasteiger partial charge in [-0.1, -0.05) is 12.1 Å². The molecule has 0 radical (unpaired) electrons. The average Bonchev–Trinajstić information content (AvgIpc) is 2.76. The quantitative estimate of drug-likeness (QED) is 0.554. The van der Waals surface area contributed by atoms with E-state index in [2.05, 4.69) is 20.6 Å². The molecule has 0 bridgehead atoms. The van der Waals surface area contributed by atoms with Crippen LogP contribution in [0.5, 0.6) is 0 Å². The molecule has 0 spiro atoms. The lowest BCUT2D eigenvalue weighted by Gasteiger charge is -2.29. The summed E-state index contributed by atoms with van der Waals surface area (Å²) in [6.07, 6.45) is -2.76. The number of aliphatic imine (C=N–C) groups is 1. The summed E-state index contributed by atoms with van der Waals surface area (Å²) in [4.78, 5) is 10.5. The van der Waals surface area contributed by atoms with Gasteiger partial charge in [0.25, 0.3) is 0 Å². The second-order valence-electron chi connectivity index (χ2n) is 6.81. The number of halogens is 3. The van der Waals surface area contributed by atoms with E-state index in [1.807, 2.05) is 30.0 Å². The van der Waals surface area contributed by atoms with Crippen molar-refractivity contribution >= 4 is 11.6 Å². The number of guanidine groups is 1. The number of anilines is 1. The molecule has 30 heavy (non-hydrogen) atoms. The van der Waals surface area contributed by atoms with Gasteiger partial charge < -0.3 is 20.3 Å². The number of nitrogens with one attached hydrogen (secondary N) is 2. The molecule has 1 fully saturated rings. The SMILES string of the molecule is CCNC(=NCc1ccc(N2CCOCC2)cc1C(F)(F)F)NCc1ccccn1. The molecule has 0 unspecified atom stereocenters. The van der Waals surface area contributed by atoms with Crippen LogP contribution in [-0.4, -0.2) is 43.8 Å². The molecule has 6 nitrogen and oxygen atoms in total. The first-order chi connectivity index (χ1) is 14.5. The van der Waals surface area contributed by atoms with Crippen molar-refractivity contribution in [2.75, 3.05) is 37.7 Å². The van der Waals surface area contributed by atoms with E-state index in [-0.39, 0.29) is 12.1 Å². The molecule has 0 saturated carbocycles. The Bertz CT molecular complexity index is 836. The Labute approximate surface area is 174 Å². The van der Waals surface area contributed by atoms with Crippen LogP contribution >= 0.6 is 0 Å². The van der Waals surface area contributed by atoms with Crippen LogP contribution in [0.1, 0.15) is 23.7 Å². The van der Waals surface area contributed by atoms with Gasteiger partial charge >= 0.3 is 6.18 Å². The lowest BCUT2D eigenvalue weighted by molar-refractivity contribution is -0.138. The molecule has 0 atom stereocenters. The summed E-state index contributed by atoms with van der Waals surface area (Å²) in [5.74, 6) is 0.438. The van der Waals surface area contributed by atoms with Crippen molar-refractivity contribution in [1.29, 1.82) is 0 Å². The summed E-state index contributed by atoms with van der Waals surface area (Å²) in [7, 11) is 0. The van der Waals surface area contributed by atoms with E-state index >= 15 is 0 Å². The largest absolute Gasteiger partial charge is 0.416 e. The van der Waals surface area contributed by atoms with Crippen LogP contribution in [0.15, 0.2) is 47.6 Å². The maximum absolute atomic E-state index is 13.7. The fourth-order valence-electron chi connectivity index (χ4n) is 3.17. The predicted molar refractivity (Wildman–Crippen MR) is 110 cm³/mol. The Morgan fingerprint density at radius 2 is 1.97 bits per heavy atom. The molecule has 3 rings (SSSR count). The highest BCUT2D eigenvalue weighted by atomic mass is 19.4. The first-order valence-electron chi connectivity index (χ1n) is 9.92. The molecule has 1 aromatic heterocycles. The number of morpholine rings is 1. The third-order valence-electron chi connectivity index (χ3n) is 4.69. The van der Waals surface area contributed by atoms with Crippen LogP contribution < -0.4 is 15.5 Å². The molecule has 0 amide bonds. The molecular weight excluding hydrogens is 395 g/mol. The smallest absolute Gasteiger partial charge is 0.378 e. The van der Waals surface area contributed by atoms with Crippen LogP contribution in [0, 0.1) is 0 Å². The summed E-state index contributed by atoms with van der Waals surface area (Å²) in [6.45, 7) is 5.02. The van der Waals surface area contributed by atoms with E-state index in [0.29, 0.717) is 51.0 Å². The topological polar surface area (TPSA) is 61.8 Å². The number of aromatic nitrogens is 1. The number of alkyl halides is 3. The molecule has 2 heterocycles. The van der Waals surface area contributed by atoms with Gasteiger partial charge in [-0.2, -0.15) is 13.2 Å². The maximum Gasteiger partial charge on any atom is 0.416 e. The zero-order valence-corrected chi connectivity index (χ0v) is 16.9.